The van der Waals surface area contributed by atoms with Gasteiger partial charge in [0.25, 0.3) is 5.91 Å². The van der Waals surface area contributed by atoms with Crippen LogP contribution in [-0.2, 0) is 22.6 Å². The van der Waals surface area contributed by atoms with Crippen molar-refractivity contribution in [2.45, 2.75) is 57.3 Å². The molecule has 3 aromatic rings. The third-order valence-electron chi connectivity index (χ3n) is 6.08. The van der Waals surface area contributed by atoms with E-state index in [1.54, 1.807) is 11.5 Å². The summed E-state index contributed by atoms with van der Waals surface area (Å²) in [7, 11) is 0. The van der Waals surface area contributed by atoms with Crippen molar-refractivity contribution in [3.63, 3.8) is 0 Å². The third-order valence-corrected chi connectivity index (χ3v) is 7.17. The minimum absolute atomic E-state index is 0.0298. The summed E-state index contributed by atoms with van der Waals surface area (Å²) in [6.45, 7) is 1.73. The number of hydrogen-bond acceptors (Lipinski definition) is 8. The average Bonchev–Trinajstić information content (AvgIpc) is 3.54. The van der Waals surface area contributed by atoms with Gasteiger partial charge in [-0.3, -0.25) is 14.8 Å². The first-order valence-corrected chi connectivity index (χ1v) is 12.7. The Balaban J connectivity index is 1.18. The van der Waals surface area contributed by atoms with Gasteiger partial charge in [0.2, 0.25) is 0 Å². The van der Waals surface area contributed by atoms with Crippen LogP contribution in [-0.4, -0.2) is 35.8 Å². The van der Waals surface area contributed by atoms with Crippen LogP contribution in [0, 0.1) is 0 Å². The molecule has 5 N–H and O–H groups in total. The normalized spacial score (nSPS) is 14.7. The molecule has 4 rings (SSSR count). The highest BCUT2D eigenvalue weighted by molar-refractivity contribution is 7.20. The molecule has 186 valence electrons. The second-order valence-electron chi connectivity index (χ2n) is 8.76. The SMILES string of the molecule is N[C@@H](CCOc1ccc(CNCc2ccc3cc(C(=O)NO)sc3c2)cc1)C(=O)OC1CCCC1. The topological polar surface area (TPSA) is 123 Å². The number of thiophene rings is 1. The predicted molar refractivity (Wildman–Crippen MR) is 134 cm³/mol. The van der Waals surface area contributed by atoms with Crippen LogP contribution in [0.4, 0.5) is 0 Å². The monoisotopic (exact) mass is 497 g/mol. The van der Waals surface area contributed by atoms with Gasteiger partial charge >= 0.3 is 5.97 Å². The van der Waals surface area contributed by atoms with E-state index in [4.69, 9.17) is 20.4 Å². The minimum atomic E-state index is -0.661. The zero-order valence-corrected chi connectivity index (χ0v) is 20.3. The van der Waals surface area contributed by atoms with E-state index in [0.717, 1.165) is 52.6 Å². The molecule has 1 amide bonds. The Morgan fingerprint density at radius 1 is 1.06 bits per heavy atom. The number of carbonyl (C=O) groups is 2. The standard InChI is InChI=1S/C26H31N3O5S/c27-22(26(31)34-21-3-1-2-4-21)11-12-33-20-9-6-17(7-10-20)15-28-16-18-5-8-19-14-24(25(30)29-32)35-23(19)13-18/h5-10,13-14,21-22,28,32H,1-4,11-12,15-16,27H2,(H,29,30)/t22-/m0/s1. The summed E-state index contributed by atoms with van der Waals surface area (Å²) < 4.78 is 12.2. The zero-order valence-electron chi connectivity index (χ0n) is 19.5. The van der Waals surface area contributed by atoms with Crippen LogP contribution in [0.25, 0.3) is 10.1 Å². The van der Waals surface area contributed by atoms with E-state index in [0.29, 0.717) is 31.0 Å². The Hall–Kier alpha value is -2.98. The van der Waals surface area contributed by atoms with Crippen LogP contribution in [0.3, 0.4) is 0 Å². The molecule has 1 aromatic heterocycles. The molecule has 0 unspecified atom stereocenters. The number of hydroxylamine groups is 1. The number of ether oxygens (including phenoxy) is 2. The zero-order chi connectivity index (χ0) is 24.6. The van der Waals surface area contributed by atoms with Gasteiger partial charge in [0.15, 0.2) is 0 Å². The summed E-state index contributed by atoms with van der Waals surface area (Å²) in [4.78, 5) is 24.1. The van der Waals surface area contributed by atoms with Crippen molar-refractivity contribution in [2.75, 3.05) is 6.61 Å². The first kappa shape index (κ1) is 25.1. The van der Waals surface area contributed by atoms with E-state index in [-0.39, 0.29) is 12.1 Å². The van der Waals surface area contributed by atoms with Gasteiger partial charge in [-0.25, -0.2) is 5.48 Å². The molecule has 0 bridgehead atoms. The molecule has 1 atom stereocenters. The van der Waals surface area contributed by atoms with Crippen molar-refractivity contribution in [3.8, 4) is 5.75 Å². The second kappa shape index (κ2) is 12.1. The lowest BCUT2D eigenvalue weighted by Crippen LogP contribution is -2.35. The molecule has 2 aromatic carbocycles. The summed E-state index contributed by atoms with van der Waals surface area (Å²) >= 11 is 1.34. The molecule has 35 heavy (non-hydrogen) atoms. The van der Waals surface area contributed by atoms with Crippen molar-refractivity contribution in [3.05, 3.63) is 64.5 Å². The molecule has 1 aliphatic rings. The summed E-state index contributed by atoms with van der Waals surface area (Å²) in [5, 5.41) is 13.2. The first-order valence-electron chi connectivity index (χ1n) is 11.9. The molecule has 1 heterocycles. The number of esters is 1. The highest BCUT2D eigenvalue weighted by Gasteiger charge is 2.23. The lowest BCUT2D eigenvalue weighted by molar-refractivity contribution is -0.150. The van der Waals surface area contributed by atoms with Crippen LogP contribution in [0.2, 0.25) is 0 Å². The van der Waals surface area contributed by atoms with Crippen LogP contribution in [0.1, 0.15) is 52.9 Å². The first-order chi connectivity index (χ1) is 17.0. The number of hydrogen-bond donors (Lipinski definition) is 4. The molecular formula is C26H31N3O5S. The van der Waals surface area contributed by atoms with Gasteiger partial charge in [0.1, 0.15) is 17.9 Å². The maximum absolute atomic E-state index is 12.1. The fourth-order valence-corrected chi connectivity index (χ4v) is 5.10. The Kier molecular flexibility index (Phi) is 8.70. The number of rotatable bonds is 11. The average molecular weight is 498 g/mol. The highest BCUT2D eigenvalue weighted by atomic mass is 32.1. The van der Waals surface area contributed by atoms with Crippen molar-refractivity contribution < 1.29 is 24.3 Å². The molecular weight excluding hydrogens is 466 g/mol. The Morgan fingerprint density at radius 3 is 2.51 bits per heavy atom. The van der Waals surface area contributed by atoms with E-state index in [1.807, 2.05) is 42.5 Å². The smallest absolute Gasteiger partial charge is 0.323 e. The molecule has 1 aliphatic carbocycles. The number of benzene rings is 2. The number of nitrogens with one attached hydrogen (secondary N) is 2. The van der Waals surface area contributed by atoms with Gasteiger partial charge < -0.3 is 20.5 Å². The van der Waals surface area contributed by atoms with Gasteiger partial charge in [-0.05, 0) is 66.5 Å². The van der Waals surface area contributed by atoms with Gasteiger partial charge in [-0.2, -0.15) is 0 Å². The molecule has 0 saturated heterocycles. The fourth-order valence-electron chi connectivity index (χ4n) is 4.09. The van der Waals surface area contributed by atoms with Gasteiger partial charge in [0, 0.05) is 24.2 Å². The van der Waals surface area contributed by atoms with Crippen LogP contribution in [0.15, 0.2) is 48.5 Å². The largest absolute Gasteiger partial charge is 0.494 e. The number of fused-ring (bicyclic) bond motifs is 1. The molecule has 0 aliphatic heterocycles. The summed E-state index contributed by atoms with van der Waals surface area (Å²) in [6, 6.07) is 15.0. The Morgan fingerprint density at radius 2 is 1.77 bits per heavy atom. The number of carbonyl (C=O) groups excluding carboxylic acids is 2. The lowest BCUT2D eigenvalue weighted by Gasteiger charge is -2.16. The molecule has 9 heteroatoms. The van der Waals surface area contributed by atoms with E-state index in [1.165, 1.54) is 11.3 Å². The summed E-state index contributed by atoms with van der Waals surface area (Å²) in [5.74, 6) is -0.102. The number of amides is 1. The van der Waals surface area contributed by atoms with Gasteiger partial charge in [-0.15, -0.1) is 11.3 Å². The van der Waals surface area contributed by atoms with E-state index < -0.39 is 11.9 Å². The number of nitrogens with two attached hydrogens (primary N) is 1. The van der Waals surface area contributed by atoms with E-state index >= 15 is 0 Å². The quantitative estimate of drug-likeness (QED) is 0.180. The summed E-state index contributed by atoms with van der Waals surface area (Å²) in [6.07, 6.45) is 4.54. The predicted octanol–water partition coefficient (Wildman–Crippen LogP) is 3.89. The molecule has 1 saturated carbocycles. The second-order valence-corrected chi connectivity index (χ2v) is 9.84. The fraction of sp³-hybridized carbons (Fsp3) is 0.385. The molecule has 8 nitrogen and oxygen atoms in total. The Bertz CT molecular complexity index is 1140. The third kappa shape index (κ3) is 7.02. The van der Waals surface area contributed by atoms with Crippen molar-refractivity contribution >= 4 is 33.3 Å². The van der Waals surface area contributed by atoms with Crippen LogP contribution in [0.5, 0.6) is 5.75 Å². The summed E-state index contributed by atoms with van der Waals surface area (Å²) in [5.41, 5.74) is 9.85. The van der Waals surface area contributed by atoms with Gasteiger partial charge in [-0.1, -0.05) is 24.3 Å². The van der Waals surface area contributed by atoms with Crippen LogP contribution < -0.4 is 21.3 Å². The molecule has 1 fully saturated rings. The van der Waals surface area contributed by atoms with Crippen LogP contribution >= 0.6 is 11.3 Å². The Labute approximate surface area is 208 Å². The van der Waals surface area contributed by atoms with E-state index in [2.05, 4.69) is 5.32 Å². The molecule has 0 radical (unpaired) electrons. The van der Waals surface area contributed by atoms with Crippen molar-refractivity contribution in [2.24, 2.45) is 5.73 Å². The maximum atomic E-state index is 12.1. The highest BCUT2D eigenvalue weighted by Crippen LogP contribution is 2.27. The van der Waals surface area contributed by atoms with Crippen molar-refractivity contribution in [1.29, 1.82) is 0 Å². The van der Waals surface area contributed by atoms with Crippen molar-refractivity contribution in [1.82, 2.24) is 10.8 Å². The lowest BCUT2D eigenvalue weighted by atomic mass is 10.1. The molecule has 0 spiro atoms. The minimum Gasteiger partial charge on any atom is -0.494 e. The van der Waals surface area contributed by atoms with Gasteiger partial charge in [0.05, 0.1) is 11.5 Å². The maximum Gasteiger partial charge on any atom is 0.323 e. The van der Waals surface area contributed by atoms with E-state index in [9.17, 15) is 9.59 Å².